The number of benzene rings is 2. The number of morpholine rings is 1. The Morgan fingerprint density at radius 3 is 2.54 bits per heavy atom. The van der Waals surface area contributed by atoms with Gasteiger partial charge < -0.3 is 15.4 Å². The fourth-order valence-electron chi connectivity index (χ4n) is 3.52. The highest BCUT2D eigenvalue weighted by Gasteiger charge is 2.14. The summed E-state index contributed by atoms with van der Waals surface area (Å²) in [7, 11) is 1.83. The number of ether oxygens (including phenoxy) is 1. The predicted octanol–water partition coefficient (Wildman–Crippen LogP) is 3.65. The van der Waals surface area contributed by atoms with E-state index in [0.29, 0.717) is 5.92 Å². The molecular weight excluding hydrogens is 463 g/mol. The van der Waals surface area contributed by atoms with Crippen molar-refractivity contribution in [2.24, 2.45) is 10.9 Å². The number of nitrogens with one attached hydrogen (secondary N) is 2. The molecule has 1 aliphatic heterocycles. The summed E-state index contributed by atoms with van der Waals surface area (Å²) in [4.78, 5) is 6.87. The second-order valence-electron chi connectivity index (χ2n) is 7.44. The Bertz CT molecular complexity index is 761. The first-order valence-electron chi connectivity index (χ1n) is 9.91. The zero-order valence-electron chi connectivity index (χ0n) is 17.1. The summed E-state index contributed by atoms with van der Waals surface area (Å²) in [6.45, 7) is 10.2. The van der Waals surface area contributed by atoms with Crippen molar-refractivity contribution in [3.8, 4) is 0 Å². The van der Waals surface area contributed by atoms with Crippen molar-refractivity contribution in [2.75, 3.05) is 46.4 Å². The van der Waals surface area contributed by atoms with Gasteiger partial charge in [0.25, 0.3) is 0 Å². The van der Waals surface area contributed by atoms with Crippen LogP contribution < -0.4 is 10.6 Å². The third-order valence-electron chi connectivity index (χ3n) is 5.14. The predicted molar refractivity (Wildman–Crippen MR) is 129 cm³/mol. The molecule has 0 saturated carbocycles. The van der Waals surface area contributed by atoms with Gasteiger partial charge in [0.1, 0.15) is 0 Å². The molecule has 2 N–H and O–H groups in total. The Kier molecular flexibility index (Phi) is 9.47. The van der Waals surface area contributed by atoms with E-state index in [4.69, 9.17) is 4.74 Å². The van der Waals surface area contributed by atoms with Crippen LogP contribution in [0.15, 0.2) is 47.5 Å². The molecule has 0 radical (unpaired) electrons. The number of aliphatic imine (C=N–C) groups is 1. The highest BCUT2D eigenvalue weighted by molar-refractivity contribution is 14.0. The molecule has 1 aliphatic rings. The lowest BCUT2D eigenvalue weighted by atomic mass is 10.0. The molecule has 0 spiro atoms. The van der Waals surface area contributed by atoms with Crippen LogP contribution in [0.2, 0.25) is 0 Å². The van der Waals surface area contributed by atoms with Crippen molar-refractivity contribution in [1.82, 2.24) is 15.5 Å². The van der Waals surface area contributed by atoms with Gasteiger partial charge in [0.2, 0.25) is 0 Å². The maximum Gasteiger partial charge on any atom is 0.191 e. The van der Waals surface area contributed by atoms with Crippen LogP contribution >= 0.6 is 24.0 Å². The second kappa shape index (κ2) is 11.6. The second-order valence-corrected chi connectivity index (χ2v) is 7.44. The third kappa shape index (κ3) is 6.60. The van der Waals surface area contributed by atoms with Crippen molar-refractivity contribution in [3.05, 3.63) is 48.0 Å². The molecular formula is C22H33IN4O. The average Bonchev–Trinajstić information content (AvgIpc) is 2.71. The molecule has 1 saturated heterocycles. The first-order chi connectivity index (χ1) is 13.2. The van der Waals surface area contributed by atoms with E-state index in [0.717, 1.165) is 45.4 Å². The average molecular weight is 496 g/mol. The lowest BCUT2D eigenvalue weighted by Gasteiger charge is -2.29. The number of hydrogen-bond donors (Lipinski definition) is 2. The van der Waals surface area contributed by atoms with Crippen LogP contribution in [0.3, 0.4) is 0 Å². The Labute approximate surface area is 185 Å². The quantitative estimate of drug-likeness (QED) is 0.364. The molecule has 1 heterocycles. The van der Waals surface area contributed by atoms with E-state index < -0.39 is 0 Å². The summed E-state index contributed by atoms with van der Waals surface area (Å²) in [6, 6.07) is 15.3. The third-order valence-corrected chi connectivity index (χ3v) is 5.14. The molecule has 0 aliphatic carbocycles. The lowest BCUT2D eigenvalue weighted by molar-refractivity contribution is 0.0320. The van der Waals surface area contributed by atoms with Gasteiger partial charge in [0, 0.05) is 33.2 Å². The van der Waals surface area contributed by atoms with Gasteiger partial charge in [-0.3, -0.25) is 9.89 Å². The smallest absolute Gasteiger partial charge is 0.191 e. The van der Waals surface area contributed by atoms with Crippen LogP contribution in [0.1, 0.15) is 25.5 Å². The van der Waals surface area contributed by atoms with E-state index >= 15 is 0 Å². The molecule has 6 heteroatoms. The summed E-state index contributed by atoms with van der Waals surface area (Å²) in [5, 5.41) is 9.53. The first-order valence-corrected chi connectivity index (χ1v) is 9.91. The van der Waals surface area contributed by atoms with Crippen LogP contribution in [0.25, 0.3) is 10.8 Å². The lowest BCUT2D eigenvalue weighted by Crippen LogP contribution is -2.44. The number of rotatable bonds is 6. The maximum absolute atomic E-state index is 5.42. The van der Waals surface area contributed by atoms with Gasteiger partial charge in [-0.2, -0.15) is 0 Å². The Morgan fingerprint density at radius 1 is 1.11 bits per heavy atom. The van der Waals surface area contributed by atoms with Crippen molar-refractivity contribution in [3.63, 3.8) is 0 Å². The zero-order chi connectivity index (χ0) is 19.1. The van der Waals surface area contributed by atoms with Gasteiger partial charge in [-0.25, -0.2) is 0 Å². The molecule has 5 nitrogen and oxygen atoms in total. The molecule has 3 rings (SSSR count). The summed E-state index contributed by atoms with van der Waals surface area (Å²) < 4.78 is 5.42. The van der Waals surface area contributed by atoms with Crippen LogP contribution in [0.4, 0.5) is 0 Å². The fourth-order valence-corrected chi connectivity index (χ4v) is 3.52. The van der Waals surface area contributed by atoms with E-state index in [9.17, 15) is 0 Å². The zero-order valence-corrected chi connectivity index (χ0v) is 19.5. The Hall–Kier alpha value is -1.38. The van der Waals surface area contributed by atoms with Gasteiger partial charge in [-0.1, -0.05) is 43.3 Å². The highest BCUT2D eigenvalue weighted by Crippen LogP contribution is 2.20. The molecule has 28 heavy (non-hydrogen) atoms. The van der Waals surface area contributed by atoms with Gasteiger partial charge in [0.15, 0.2) is 5.96 Å². The minimum atomic E-state index is 0. The van der Waals surface area contributed by atoms with E-state index in [2.05, 4.69) is 76.8 Å². The normalized spacial score (nSPS) is 17.6. The van der Waals surface area contributed by atoms with Crippen molar-refractivity contribution in [2.45, 2.75) is 19.9 Å². The van der Waals surface area contributed by atoms with Gasteiger partial charge in [-0.15, -0.1) is 24.0 Å². The summed E-state index contributed by atoms with van der Waals surface area (Å²) >= 11 is 0. The number of halogens is 1. The van der Waals surface area contributed by atoms with Gasteiger partial charge in [-0.05, 0) is 35.2 Å². The van der Waals surface area contributed by atoms with Gasteiger partial charge >= 0.3 is 0 Å². The Balaban J connectivity index is 0.00000280. The molecule has 2 aromatic rings. The molecule has 0 bridgehead atoms. The van der Waals surface area contributed by atoms with E-state index in [1.807, 2.05) is 7.05 Å². The van der Waals surface area contributed by atoms with Crippen molar-refractivity contribution < 1.29 is 4.74 Å². The Morgan fingerprint density at radius 2 is 1.82 bits per heavy atom. The topological polar surface area (TPSA) is 48.9 Å². The number of fused-ring (bicyclic) bond motifs is 1. The highest BCUT2D eigenvalue weighted by atomic mass is 127. The number of nitrogens with zero attached hydrogens (tertiary/aromatic N) is 2. The van der Waals surface area contributed by atoms with Crippen molar-refractivity contribution >= 4 is 40.7 Å². The van der Waals surface area contributed by atoms with Crippen LogP contribution in [-0.2, 0) is 4.74 Å². The molecule has 2 aromatic carbocycles. The minimum absolute atomic E-state index is 0. The number of hydrogen-bond acceptors (Lipinski definition) is 3. The van der Waals surface area contributed by atoms with Crippen molar-refractivity contribution in [1.29, 1.82) is 0 Å². The molecule has 0 amide bonds. The summed E-state index contributed by atoms with van der Waals surface area (Å²) in [5.74, 6) is 1.40. The molecule has 0 aromatic heterocycles. The molecule has 154 valence electrons. The molecule has 1 fully saturated rings. The minimum Gasteiger partial charge on any atom is -0.379 e. The van der Waals surface area contributed by atoms with E-state index in [1.54, 1.807) is 0 Å². The van der Waals surface area contributed by atoms with Crippen LogP contribution in [-0.4, -0.2) is 57.3 Å². The standard InChI is InChI=1S/C22H32N4O.HI/c1-17(16-26-10-12-27-13-11-26)15-24-22(23-3)25-18(2)20-9-8-19-6-4-5-7-21(19)14-20;/h4-9,14,17-18H,10-13,15-16H2,1-3H3,(H2,23,24,25);1H. The van der Waals surface area contributed by atoms with E-state index in [-0.39, 0.29) is 30.0 Å². The SMILES string of the molecule is CN=C(NCC(C)CN1CCOCC1)NC(C)c1ccc2ccccc2c1.I. The largest absolute Gasteiger partial charge is 0.379 e. The molecule has 2 unspecified atom stereocenters. The fraction of sp³-hybridized carbons (Fsp3) is 0.500. The van der Waals surface area contributed by atoms with Gasteiger partial charge in [0.05, 0.1) is 19.3 Å². The van der Waals surface area contributed by atoms with Crippen LogP contribution in [0, 0.1) is 5.92 Å². The maximum atomic E-state index is 5.42. The van der Waals surface area contributed by atoms with E-state index in [1.165, 1.54) is 16.3 Å². The van der Waals surface area contributed by atoms with Crippen LogP contribution in [0.5, 0.6) is 0 Å². The summed E-state index contributed by atoms with van der Waals surface area (Å²) in [6.07, 6.45) is 0. The monoisotopic (exact) mass is 496 g/mol. The first kappa shape index (κ1) is 22.9. The number of guanidine groups is 1. The summed E-state index contributed by atoms with van der Waals surface area (Å²) in [5.41, 5.74) is 1.26. The molecule has 2 atom stereocenters.